The third kappa shape index (κ3) is 5.00. The van der Waals surface area contributed by atoms with E-state index < -0.39 is 24.7 Å². The van der Waals surface area contributed by atoms with Crippen molar-refractivity contribution in [1.29, 1.82) is 0 Å². The molecule has 1 aliphatic heterocycles. The Balaban J connectivity index is 2.36. The molecule has 1 heterocycles. The van der Waals surface area contributed by atoms with E-state index in [0.29, 0.717) is 17.9 Å². The van der Waals surface area contributed by atoms with Gasteiger partial charge < -0.3 is 24.8 Å². The molecule has 2 amide bonds. The number of nitrogens with one attached hydrogen (secondary N) is 1. The third-order valence-electron chi connectivity index (χ3n) is 3.95. The minimum atomic E-state index is -1.76. The number of carbonyl (C=O) groups excluding carboxylic acids is 2. The fraction of sp³-hybridized carbons (Fsp3) is 0.556. The maximum atomic E-state index is 12.9. The number of benzene rings is 1. The molecule has 0 aromatic heterocycles. The highest BCUT2D eigenvalue weighted by Crippen LogP contribution is 2.30. The van der Waals surface area contributed by atoms with Crippen LogP contribution in [-0.4, -0.2) is 52.5 Å². The number of anilines is 1. The van der Waals surface area contributed by atoms with Crippen molar-refractivity contribution < 1.29 is 29.1 Å². The van der Waals surface area contributed by atoms with Crippen molar-refractivity contribution >= 4 is 30.3 Å². The van der Waals surface area contributed by atoms with Crippen LogP contribution < -0.4 is 10.8 Å². The lowest BCUT2D eigenvalue weighted by Crippen LogP contribution is -2.37. The fourth-order valence-corrected chi connectivity index (χ4v) is 2.83. The van der Waals surface area contributed by atoms with Crippen LogP contribution in [0.4, 0.5) is 10.5 Å². The highest BCUT2D eigenvalue weighted by molar-refractivity contribution is 6.59. The molecule has 1 aromatic rings. The van der Waals surface area contributed by atoms with E-state index >= 15 is 0 Å². The number of hydrogen-bond donors (Lipinski definition) is 3. The van der Waals surface area contributed by atoms with Crippen LogP contribution in [0.25, 0.3) is 0 Å². The van der Waals surface area contributed by atoms with Gasteiger partial charge in [0.25, 0.3) is 5.91 Å². The van der Waals surface area contributed by atoms with Crippen molar-refractivity contribution in [2.75, 3.05) is 11.9 Å². The molecule has 8 nitrogen and oxygen atoms in total. The number of ether oxygens (including phenoxy) is 2. The third-order valence-corrected chi connectivity index (χ3v) is 3.95. The minimum Gasteiger partial charge on any atom is -0.443 e. The molecular weight excluding hydrogens is 351 g/mol. The predicted molar refractivity (Wildman–Crippen MR) is 102 cm³/mol. The van der Waals surface area contributed by atoms with Crippen LogP contribution in [0.3, 0.4) is 0 Å². The smallest absolute Gasteiger partial charge is 0.443 e. The summed E-state index contributed by atoms with van der Waals surface area (Å²) < 4.78 is 10.9. The lowest BCUT2D eigenvalue weighted by molar-refractivity contribution is 0.0248. The topological polar surface area (TPSA) is 108 Å². The van der Waals surface area contributed by atoms with Crippen LogP contribution in [0.15, 0.2) is 12.1 Å². The number of amides is 2. The van der Waals surface area contributed by atoms with Gasteiger partial charge in [-0.1, -0.05) is 13.0 Å². The summed E-state index contributed by atoms with van der Waals surface area (Å²) in [6, 6.07) is 3.10. The van der Waals surface area contributed by atoms with E-state index in [1.54, 1.807) is 26.8 Å². The lowest BCUT2D eigenvalue weighted by atomic mass is 9.76. The average Bonchev–Trinajstić information content (AvgIpc) is 2.89. The largest absolute Gasteiger partial charge is 0.488 e. The van der Waals surface area contributed by atoms with Gasteiger partial charge in [-0.15, -0.1) is 0 Å². The summed E-state index contributed by atoms with van der Waals surface area (Å²) in [4.78, 5) is 26.3. The standard InChI is InChI=1S/C18H27BN2O6/c1-6-9-26-11(2)20-14-8-7-13(19(24)25)12-10-21(16(22)15(12)14)17(23)27-18(3,4)5/h7-8,11,20,24-25H,6,9-10H2,1-5H3. The zero-order valence-corrected chi connectivity index (χ0v) is 16.4. The molecule has 2 rings (SSSR count). The second-order valence-electron chi connectivity index (χ2n) is 7.46. The molecule has 1 unspecified atom stereocenters. The van der Waals surface area contributed by atoms with E-state index in [1.165, 1.54) is 6.07 Å². The van der Waals surface area contributed by atoms with Gasteiger partial charge in [0, 0.05) is 12.3 Å². The van der Waals surface area contributed by atoms with Crippen LogP contribution in [0.5, 0.6) is 0 Å². The molecule has 0 bridgehead atoms. The number of rotatable bonds is 6. The summed E-state index contributed by atoms with van der Waals surface area (Å²) in [5, 5.41) is 22.4. The Morgan fingerprint density at radius 1 is 1.37 bits per heavy atom. The first-order valence-corrected chi connectivity index (χ1v) is 9.00. The van der Waals surface area contributed by atoms with Gasteiger partial charge in [-0.05, 0) is 51.2 Å². The highest BCUT2D eigenvalue weighted by Gasteiger charge is 2.39. The summed E-state index contributed by atoms with van der Waals surface area (Å²) in [7, 11) is -1.76. The Kier molecular flexibility index (Phi) is 6.51. The zero-order chi connectivity index (χ0) is 20.4. The highest BCUT2D eigenvalue weighted by atomic mass is 16.6. The van der Waals surface area contributed by atoms with E-state index in [0.717, 1.165) is 11.3 Å². The molecule has 0 radical (unpaired) electrons. The van der Waals surface area contributed by atoms with Crippen molar-refractivity contribution in [3.63, 3.8) is 0 Å². The van der Waals surface area contributed by atoms with Gasteiger partial charge in [-0.25, -0.2) is 9.69 Å². The van der Waals surface area contributed by atoms with Gasteiger partial charge in [0.05, 0.1) is 12.1 Å². The summed E-state index contributed by atoms with van der Waals surface area (Å²) in [5.74, 6) is -0.549. The monoisotopic (exact) mass is 378 g/mol. The van der Waals surface area contributed by atoms with Crippen molar-refractivity contribution in [3.8, 4) is 0 Å². The van der Waals surface area contributed by atoms with Crippen molar-refractivity contribution in [3.05, 3.63) is 23.3 Å². The fourth-order valence-electron chi connectivity index (χ4n) is 2.83. The Hall–Kier alpha value is -2.10. The first-order valence-electron chi connectivity index (χ1n) is 9.00. The molecule has 1 aliphatic rings. The second-order valence-corrected chi connectivity index (χ2v) is 7.46. The minimum absolute atomic E-state index is 0.0875. The maximum Gasteiger partial charge on any atom is 0.488 e. The van der Waals surface area contributed by atoms with E-state index in [9.17, 15) is 19.6 Å². The molecule has 148 valence electrons. The SMILES string of the molecule is CCCOC(C)Nc1ccc(B(O)O)c2c1C(=O)N(C(=O)OC(C)(C)C)C2. The number of fused-ring (bicyclic) bond motifs is 1. The quantitative estimate of drug-likeness (QED) is 0.508. The molecule has 9 heteroatoms. The van der Waals surface area contributed by atoms with Gasteiger partial charge in [0.15, 0.2) is 0 Å². The Labute approximate surface area is 159 Å². The van der Waals surface area contributed by atoms with Crippen LogP contribution in [0.2, 0.25) is 0 Å². The molecule has 3 N–H and O–H groups in total. The molecule has 0 spiro atoms. The van der Waals surface area contributed by atoms with Gasteiger partial charge in [-0.2, -0.15) is 0 Å². The first kappa shape index (κ1) is 21.2. The molecule has 27 heavy (non-hydrogen) atoms. The second kappa shape index (κ2) is 8.29. The van der Waals surface area contributed by atoms with Crippen molar-refractivity contribution in [2.24, 2.45) is 0 Å². The molecule has 0 saturated carbocycles. The summed E-state index contributed by atoms with van der Waals surface area (Å²) >= 11 is 0. The summed E-state index contributed by atoms with van der Waals surface area (Å²) in [6.45, 7) is 9.40. The van der Waals surface area contributed by atoms with Crippen LogP contribution in [-0.2, 0) is 16.0 Å². The van der Waals surface area contributed by atoms with Crippen LogP contribution in [0, 0.1) is 0 Å². The Morgan fingerprint density at radius 2 is 2.04 bits per heavy atom. The first-order chi connectivity index (χ1) is 12.5. The van der Waals surface area contributed by atoms with Crippen LogP contribution in [0.1, 0.15) is 57.0 Å². The summed E-state index contributed by atoms with van der Waals surface area (Å²) in [6.07, 6.45) is -0.281. The molecule has 0 saturated heterocycles. The number of hydrogen-bond acceptors (Lipinski definition) is 7. The van der Waals surface area contributed by atoms with Gasteiger partial charge >= 0.3 is 13.2 Å². The van der Waals surface area contributed by atoms with E-state index in [-0.39, 0.29) is 23.8 Å². The van der Waals surface area contributed by atoms with E-state index in [1.807, 2.05) is 13.8 Å². The normalized spacial score (nSPS) is 14.8. The van der Waals surface area contributed by atoms with Gasteiger partial charge in [0.2, 0.25) is 0 Å². The number of carbonyl (C=O) groups is 2. The Morgan fingerprint density at radius 3 is 2.59 bits per heavy atom. The Bertz CT molecular complexity index is 717. The van der Waals surface area contributed by atoms with Crippen molar-refractivity contribution in [2.45, 2.75) is 59.4 Å². The number of nitrogens with zero attached hydrogens (tertiary/aromatic N) is 1. The molecule has 0 fully saturated rings. The van der Waals surface area contributed by atoms with Gasteiger partial charge in [-0.3, -0.25) is 4.79 Å². The zero-order valence-electron chi connectivity index (χ0n) is 16.4. The van der Waals surface area contributed by atoms with Gasteiger partial charge in [0.1, 0.15) is 11.8 Å². The lowest BCUT2D eigenvalue weighted by Gasteiger charge is -2.23. The average molecular weight is 378 g/mol. The maximum absolute atomic E-state index is 12.9. The molecule has 1 aromatic carbocycles. The predicted octanol–water partition coefficient (Wildman–Crippen LogP) is 1.44. The van der Waals surface area contributed by atoms with Crippen molar-refractivity contribution in [1.82, 2.24) is 4.90 Å². The summed E-state index contributed by atoms with van der Waals surface area (Å²) in [5.41, 5.74) is 0.493. The number of imide groups is 1. The van der Waals surface area contributed by atoms with Crippen LogP contribution >= 0.6 is 0 Å². The van der Waals surface area contributed by atoms with E-state index in [4.69, 9.17) is 9.47 Å². The van der Waals surface area contributed by atoms with E-state index in [2.05, 4.69) is 5.32 Å². The molecule has 0 aliphatic carbocycles. The molecular formula is C18H27BN2O6. The molecule has 1 atom stereocenters.